The van der Waals surface area contributed by atoms with E-state index in [1.165, 1.54) is 0 Å². The maximum Gasteiger partial charge on any atom is 0.472 e. The van der Waals surface area contributed by atoms with Gasteiger partial charge in [-0.15, -0.1) is 0 Å². The van der Waals surface area contributed by atoms with Crippen LogP contribution >= 0.6 is 46.9 Å². The zero-order valence-corrected chi connectivity index (χ0v) is 49.5. The second-order valence-electron chi connectivity index (χ2n) is 17.8. The first-order valence-electron chi connectivity index (χ1n) is 24.7. The number of nitrogens with two attached hydrogens (primary N) is 1. The molecule has 0 aliphatic carbocycles. The molecule has 2 aliphatic heterocycles. The Balaban J connectivity index is 1.74. The Morgan fingerprint density at radius 2 is 0.619 bits per heavy atom. The highest BCUT2D eigenvalue weighted by molar-refractivity contribution is 7.48. The Morgan fingerprint density at radius 3 is 0.905 bits per heavy atom. The molecule has 0 aromatic rings. The van der Waals surface area contributed by atoms with Crippen LogP contribution in [0.5, 0.6) is 0 Å². The standard InChI is InChI=1S/C36H77NO41P6/c37-5-3-1-2-4-6-63-79(51,52)73-19-26(76-36-34(50)32(48)30(46)28(9-40)78-36)20-74-84(61,62)71-17-24(44)15-69-82(57,58)67-13-22(42)11-65-80(53,54)64-10-21(41)12-66-81(55,56)68-14-23(43)16-70-83(59,60)72-18-25(7-38)75-35-33(49)31(47)29(45)27(8-39)77-35/h21-36,38-50H,1-20,37H2,(H,51,52)(H,53,54)(H,55,56)(H,57,58)(H,59,60)(H,61,62)/t21-,22+,23-,24+,25+,26-,27+,28+,29+,30+,31-,32-,33+,34+,35-,36-/m0/s1. The molecule has 2 fully saturated rings. The average Bonchev–Trinajstić information content (AvgIpc) is 3.52. The van der Waals surface area contributed by atoms with Gasteiger partial charge < -0.3 is 120 Å². The van der Waals surface area contributed by atoms with Gasteiger partial charge in [0.15, 0.2) is 12.6 Å². The Hall–Kier alpha value is -0.0600. The topological polar surface area (TPSA) is 660 Å². The van der Waals surface area contributed by atoms with Crippen molar-refractivity contribution in [2.75, 3.05) is 106 Å². The summed E-state index contributed by atoms with van der Waals surface area (Å²) in [5.41, 5.74) is 5.42. The van der Waals surface area contributed by atoms with Crippen LogP contribution in [-0.4, -0.2) is 299 Å². The third-order valence-electron chi connectivity index (χ3n) is 10.6. The van der Waals surface area contributed by atoms with E-state index >= 15 is 0 Å². The van der Waals surface area contributed by atoms with Crippen molar-refractivity contribution in [3.63, 3.8) is 0 Å². The molecular weight excluding hydrogens is 1290 g/mol. The van der Waals surface area contributed by atoms with Gasteiger partial charge in [0.1, 0.15) is 85.5 Å². The van der Waals surface area contributed by atoms with Gasteiger partial charge in [-0.2, -0.15) is 0 Å². The first kappa shape index (κ1) is 80.0. The SMILES string of the molecule is NCCCCCCOP(=O)(O)OC[C@@H](COP(=O)(O)OC[C@H](O)COP(=O)(O)OC[C@H](O)COP(=O)(O)OC[C@H](O)COP(=O)(O)OC[C@H](O)COP(=O)(O)OC[C@@H](CO)O[C@H]1O[C@H](CO)[C@@H](O)[C@H](O)[C@H]1O)O[C@H]1O[C@H](CO)[C@@H](O)[C@H](O)[C@H]1O. The minimum Gasteiger partial charge on any atom is -0.394 e. The van der Waals surface area contributed by atoms with Crippen LogP contribution in [0.25, 0.3) is 0 Å². The molecule has 48 heteroatoms. The van der Waals surface area contributed by atoms with Crippen molar-refractivity contribution in [2.24, 2.45) is 5.73 Å². The van der Waals surface area contributed by atoms with Crippen molar-refractivity contribution in [3.05, 3.63) is 0 Å². The van der Waals surface area contributed by atoms with Crippen molar-refractivity contribution >= 4 is 46.9 Å². The molecule has 0 bridgehead atoms. The number of phosphoric acid groups is 6. The zero-order valence-electron chi connectivity index (χ0n) is 44.1. The third-order valence-corrected chi connectivity index (χ3v) is 16.4. The van der Waals surface area contributed by atoms with Crippen LogP contribution in [-0.2, 0) is 101 Å². The van der Waals surface area contributed by atoms with Crippen molar-refractivity contribution in [2.45, 2.75) is 124 Å². The van der Waals surface area contributed by atoms with Gasteiger partial charge in [0.25, 0.3) is 0 Å². The molecule has 502 valence electrons. The van der Waals surface area contributed by atoms with Gasteiger partial charge in [-0.1, -0.05) is 12.8 Å². The maximum absolute atomic E-state index is 12.7. The molecule has 2 saturated heterocycles. The van der Waals surface area contributed by atoms with Crippen LogP contribution in [0, 0.1) is 0 Å². The molecule has 0 amide bonds. The van der Waals surface area contributed by atoms with Crippen LogP contribution in [0.3, 0.4) is 0 Å². The van der Waals surface area contributed by atoms with Crippen molar-refractivity contribution in [3.8, 4) is 0 Å². The Morgan fingerprint density at radius 1 is 0.357 bits per heavy atom. The second-order valence-corrected chi connectivity index (χ2v) is 26.5. The first-order valence-corrected chi connectivity index (χ1v) is 33.6. The van der Waals surface area contributed by atoms with Crippen LogP contribution in [0.4, 0.5) is 0 Å². The lowest BCUT2D eigenvalue weighted by atomic mass is 9.99. The smallest absolute Gasteiger partial charge is 0.394 e. The number of ether oxygens (including phenoxy) is 4. The van der Waals surface area contributed by atoms with E-state index in [4.69, 9.17) is 38.3 Å². The number of rotatable bonds is 47. The van der Waals surface area contributed by atoms with Crippen molar-refractivity contribution in [1.29, 1.82) is 0 Å². The Bertz CT molecular complexity index is 2140. The fourth-order valence-corrected chi connectivity index (χ4v) is 10.9. The van der Waals surface area contributed by atoms with Crippen molar-refractivity contribution < 1.29 is 196 Å². The molecule has 0 radical (unpaired) electrons. The van der Waals surface area contributed by atoms with Crippen LogP contribution in [0.2, 0.25) is 0 Å². The lowest BCUT2D eigenvalue weighted by Crippen LogP contribution is -2.60. The molecule has 6 unspecified atom stereocenters. The summed E-state index contributed by atoms with van der Waals surface area (Å²) in [5, 5.41) is 129. The first-order chi connectivity index (χ1) is 39.0. The monoisotopic (exact) mass is 1370 g/mol. The third kappa shape index (κ3) is 32.3. The molecule has 0 aromatic carbocycles. The summed E-state index contributed by atoms with van der Waals surface area (Å²) in [6.07, 6.45) is -26.8. The summed E-state index contributed by atoms with van der Waals surface area (Å²) in [6, 6.07) is 0. The molecule has 2 aliphatic rings. The number of hydrogen-bond acceptors (Lipinski definition) is 36. The minimum atomic E-state index is -5.28. The Kier molecular flexibility index (Phi) is 36.9. The van der Waals surface area contributed by atoms with E-state index in [0.717, 1.165) is 0 Å². The summed E-state index contributed by atoms with van der Waals surface area (Å²) in [7, 11) is -30.8. The zero-order chi connectivity index (χ0) is 63.7. The fourth-order valence-electron chi connectivity index (χ4n) is 6.17. The quantitative estimate of drug-likeness (QED) is 0.0199. The van der Waals surface area contributed by atoms with Gasteiger partial charge in [-0.3, -0.25) is 54.3 Å². The lowest BCUT2D eigenvalue weighted by Gasteiger charge is -2.40. The number of aliphatic hydroxyl groups excluding tert-OH is 13. The van der Waals surface area contributed by atoms with Gasteiger partial charge in [0, 0.05) is 0 Å². The normalized spacial score (nSPS) is 29.9. The molecule has 21 N–H and O–H groups in total. The fraction of sp³-hybridized carbons (Fsp3) is 1.00. The number of hydrogen-bond donors (Lipinski definition) is 20. The number of phosphoric ester groups is 6. The van der Waals surface area contributed by atoms with E-state index in [0.29, 0.717) is 32.2 Å². The van der Waals surface area contributed by atoms with E-state index in [2.05, 4.69) is 40.7 Å². The number of unbranched alkanes of at least 4 members (excludes halogenated alkanes) is 3. The summed E-state index contributed by atoms with van der Waals surface area (Å²) in [4.78, 5) is 59.9. The molecule has 2 heterocycles. The predicted octanol–water partition coefficient (Wildman–Crippen LogP) is -6.89. The summed E-state index contributed by atoms with van der Waals surface area (Å²) in [5.74, 6) is 0. The summed E-state index contributed by atoms with van der Waals surface area (Å²) in [6.45, 7) is -14.8. The van der Waals surface area contributed by atoms with Crippen LogP contribution in [0.15, 0.2) is 0 Å². The highest BCUT2D eigenvalue weighted by atomic mass is 31.2. The predicted molar refractivity (Wildman–Crippen MR) is 266 cm³/mol. The van der Waals surface area contributed by atoms with Gasteiger partial charge in [0.05, 0.1) is 99.1 Å². The van der Waals surface area contributed by atoms with E-state index in [9.17, 15) is 123 Å². The molecule has 0 saturated carbocycles. The van der Waals surface area contributed by atoms with Gasteiger partial charge in [-0.25, -0.2) is 27.4 Å². The van der Waals surface area contributed by atoms with Crippen LogP contribution < -0.4 is 5.73 Å². The maximum atomic E-state index is 12.7. The van der Waals surface area contributed by atoms with Crippen LogP contribution in [0.1, 0.15) is 25.7 Å². The molecule has 0 spiro atoms. The summed E-state index contributed by atoms with van der Waals surface area (Å²) < 4.78 is 150. The lowest BCUT2D eigenvalue weighted by molar-refractivity contribution is -0.314. The van der Waals surface area contributed by atoms with E-state index < -0.39 is 237 Å². The summed E-state index contributed by atoms with van der Waals surface area (Å²) >= 11 is 0. The molecule has 84 heavy (non-hydrogen) atoms. The van der Waals surface area contributed by atoms with Gasteiger partial charge in [-0.05, 0) is 19.4 Å². The molecular formula is C36H77NO41P6. The highest BCUT2D eigenvalue weighted by Crippen LogP contribution is 2.49. The molecule has 2 rings (SSSR count). The van der Waals surface area contributed by atoms with Gasteiger partial charge >= 0.3 is 46.9 Å². The second kappa shape index (κ2) is 38.7. The largest absolute Gasteiger partial charge is 0.472 e. The van der Waals surface area contributed by atoms with Crippen molar-refractivity contribution in [1.82, 2.24) is 0 Å². The molecule has 22 atom stereocenters. The number of aliphatic hydroxyl groups is 13. The molecule has 42 nitrogen and oxygen atoms in total. The Labute approximate surface area is 477 Å². The van der Waals surface area contributed by atoms with E-state index in [-0.39, 0.29) is 6.61 Å². The molecule has 0 aromatic heterocycles. The average molecular weight is 1370 g/mol. The van der Waals surface area contributed by atoms with E-state index in [1.807, 2.05) is 0 Å². The van der Waals surface area contributed by atoms with Gasteiger partial charge in [0.2, 0.25) is 0 Å². The minimum absolute atomic E-state index is 0.239. The van der Waals surface area contributed by atoms with E-state index in [1.54, 1.807) is 0 Å². The highest BCUT2D eigenvalue weighted by Gasteiger charge is 2.47.